The van der Waals surface area contributed by atoms with E-state index in [1.165, 1.54) is 6.08 Å². The van der Waals surface area contributed by atoms with Gasteiger partial charge in [0.15, 0.2) is 5.13 Å². The second-order valence-electron chi connectivity index (χ2n) is 5.36. The molecule has 2 heterocycles. The molecule has 1 aromatic carbocycles. The topological polar surface area (TPSA) is 84.0 Å². The molecule has 0 saturated heterocycles. The van der Waals surface area contributed by atoms with Gasteiger partial charge >= 0.3 is 0 Å². The Morgan fingerprint density at radius 2 is 1.88 bits per heavy atom. The number of nitrogens with zero attached hydrogens (tertiary/aromatic N) is 2. The second-order valence-corrected chi connectivity index (χ2v) is 6.36. The second kappa shape index (κ2) is 8.17. The summed E-state index contributed by atoms with van der Waals surface area (Å²) >= 11 is 1.13. The van der Waals surface area contributed by atoms with Crippen molar-refractivity contribution < 1.29 is 9.59 Å². The molecule has 0 atom stereocenters. The average Bonchev–Trinajstić information content (AvgIpc) is 3.02. The van der Waals surface area contributed by atoms with E-state index in [1.807, 2.05) is 30.3 Å². The smallest absolute Gasteiger partial charge is 0.267 e. The van der Waals surface area contributed by atoms with Crippen LogP contribution in [0.25, 0.3) is 6.08 Å². The highest BCUT2D eigenvalue weighted by Crippen LogP contribution is 2.23. The molecule has 2 aromatic heterocycles. The molecule has 6 nitrogen and oxygen atoms in total. The number of nitrogens with one attached hydrogen (secondary N) is 2. The lowest BCUT2D eigenvalue weighted by atomic mass is 10.2. The number of thiazole rings is 1. The van der Waals surface area contributed by atoms with Crippen molar-refractivity contribution in [1.29, 1.82) is 0 Å². The maximum Gasteiger partial charge on any atom is 0.267 e. The van der Waals surface area contributed by atoms with Crippen LogP contribution < -0.4 is 10.6 Å². The van der Waals surface area contributed by atoms with Crippen LogP contribution in [0.1, 0.15) is 20.9 Å². The van der Waals surface area contributed by atoms with Crippen molar-refractivity contribution in [2.24, 2.45) is 0 Å². The van der Waals surface area contributed by atoms with Crippen LogP contribution in [0, 0.1) is 6.92 Å². The van der Waals surface area contributed by atoms with Crippen LogP contribution in [0.4, 0.5) is 10.8 Å². The summed E-state index contributed by atoms with van der Waals surface area (Å²) in [4.78, 5) is 33.0. The maximum absolute atomic E-state index is 12.3. The summed E-state index contributed by atoms with van der Waals surface area (Å²) in [7, 11) is 0. The molecule has 7 heteroatoms. The number of carbonyl (C=O) groups excluding carboxylic acids is 2. The minimum atomic E-state index is -0.304. The van der Waals surface area contributed by atoms with E-state index < -0.39 is 0 Å². The number of rotatable bonds is 5. The predicted octanol–water partition coefficient (Wildman–Crippen LogP) is 3.75. The van der Waals surface area contributed by atoms with Crippen LogP contribution in [0.5, 0.6) is 0 Å². The molecular formula is C19H16N4O2S. The Bertz CT molecular complexity index is 937. The van der Waals surface area contributed by atoms with Crippen LogP contribution in [-0.4, -0.2) is 21.8 Å². The SMILES string of the molecule is Cc1nc(NC(=O)C=Cc2ccccc2)sc1C(=O)Nc1cccnc1. The van der Waals surface area contributed by atoms with E-state index >= 15 is 0 Å². The minimum Gasteiger partial charge on any atom is -0.320 e. The lowest BCUT2D eigenvalue weighted by Crippen LogP contribution is -2.11. The number of amides is 2. The summed E-state index contributed by atoms with van der Waals surface area (Å²) in [5.74, 6) is -0.588. The number of carbonyl (C=O) groups is 2. The molecule has 3 rings (SSSR count). The van der Waals surface area contributed by atoms with Gasteiger partial charge in [-0.1, -0.05) is 41.7 Å². The molecule has 0 spiro atoms. The highest BCUT2D eigenvalue weighted by Gasteiger charge is 2.16. The third-order valence-electron chi connectivity index (χ3n) is 3.38. The molecule has 2 amide bonds. The maximum atomic E-state index is 12.3. The number of hydrogen-bond donors (Lipinski definition) is 2. The van der Waals surface area contributed by atoms with Crippen LogP contribution in [0.2, 0.25) is 0 Å². The van der Waals surface area contributed by atoms with E-state index in [1.54, 1.807) is 37.5 Å². The van der Waals surface area contributed by atoms with Gasteiger partial charge in [-0.25, -0.2) is 4.98 Å². The van der Waals surface area contributed by atoms with Crippen molar-refractivity contribution in [3.63, 3.8) is 0 Å². The van der Waals surface area contributed by atoms with Crippen molar-refractivity contribution in [1.82, 2.24) is 9.97 Å². The van der Waals surface area contributed by atoms with E-state index in [0.717, 1.165) is 16.9 Å². The van der Waals surface area contributed by atoms with Gasteiger partial charge in [-0.05, 0) is 30.7 Å². The van der Waals surface area contributed by atoms with Gasteiger partial charge in [-0.2, -0.15) is 0 Å². The summed E-state index contributed by atoms with van der Waals surface area (Å²) in [5, 5.41) is 5.81. The quantitative estimate of drug-likeness (QED) is 0.675. The van der Waals surface area contributed by atoms with Gasteiger partial charge < -0.3 is 5.32 Å². The van der Waals surface area contributed by atoms with E-state index in [9.17, 15) is 9.59 Å². The van der Waals surface area contributed by atoms with Gasteiger partial charge in [0, 0.05) is 12.3 Å². The zero-order valence-electron chi connectivity index (χ0n) is 14.0. The van der Waals surface area contributed by atoms with Crippen molar-refractivity contribution >= 4 is 40.0 Å². The number of pyridine rings is 1. The van der Waals surface area contributed by atoms with Crippen LogP contribution in [-0.2, 0) is 4.79 Å². The van der Waals surface area contributed by atoms with E-state index in [2.05, 4.69) is 20.6 Å². The van der Waals surface area contributed by atoms with Crippen molar-refractivity contribution in [3.8, 4) is 0 Å². The van der Waals surface area contributed by atoms with Crippen molar-refractivity contribution in [2.45, 2.75) is 6.92 Å². The predicted molar refractivity (Wildman–Crippen MR) is 103 cm³/mol. The molecule has 130 valence electrons. The molecule has 3 aromatic rings. The molecule has 0 aliphatic rings. The molecule has 26 heavy (non-hydrogen) atoms. The Morgan fingerprint density at radius 1 is 1.08 bits per heavy atom. The van der Waals surface area contributed by atoms with Gasteiger partial charge in [-0.15, -0.1) is 0 Å². The largest absolute Gasteiger partial charge is 0.320 e. The first-order valence-corrected chi connectivity index (χ1v) is 8.66. The van der Waals surface area contributed by atoms with Gasteiger partial charge in [0.1, 0.15) is 4.88 Å². The van der Waals surface area contributed by atoms with Crippen LogP contribution in [0.15, 0.2) is 60.9 Å². The molecule has 0 saturated carbocycles. The van der Waals surface area contributed by atoms with Crippen LogP contribution in [0.3, 0.4) is 0 Å². The highest BCUT2D eigenvalue weighted by atomic mass is 32.1. The first-order valence-electron chi connectivity index (χ1n) is 7.85. The minimum absolute atomic E-state index is 0.284. The zero-order valence-corrected chi connectivity index (χ0v) is 14.8. The van der Waals surface area contributed by atoms with Gasteiger partial charge in [-0.3, -0.25) is 19.9 Å². The van der Waals surface area contributed by atoms with E-state index in [0.29, 0.717) is 21.4 Å². The van der Waals surface area contributed by atoms with Gasteiger partial charge in [0.2, 0.25) is 5.91 Å². The van der Waals surface area contributed by atoms with Gasteiger partial charge in [0.05, 0.1) is 17.6 Å². The fourth-order valence-electron chi connectivity index (χ4n) is 2.17. The monoisotopic (exact) mass is 364 g/mol. The Balaban J connectivity index is 1.65. The number of anilines is 2. The lowest BCUT2D eigenvalue weighted by Gasteiger charge is -2.02. The zero-order chi connectivity index (χ0) is 18.4. The summed E-state index contributed by atoms with van der Waals surface area (Å²) in [6, 6.07) is 13.0. The highest BCUT2D eigenvalue weighted by molar-refractivity contribution is 7.17. The summed E-state index contributed by atoms with van der Waals surface area (Å²) in [5.41, 5.74) is 2.08. The number of benzene rings is 1. The standard InChI is InChI=1S/C19H16N4O2S/c1-13-17(18(25)22-15-8-5-11-20-12-15)26-19(21-13)23-16(24)10-9-14-6-3-2-4-7-14/h2-12H,1H3,(H,22,25)(H,21,23,24). The molecule has 2 N–H and O–H groups in total. The number of hydrogen-bond acceptors (Lipinski definition) is 5. The Kier molecular flexibility index (Phi) is 5.50. The van der Waals surface area contributed by atoms with Crippen LogP contribution >= 0.6 is 11.3 Å². The Morgan fingerprint density at radius 3 is 2.62 bits per heavy atom. The fraction of sp³-hybridized carbons (Fsp3) is 0.0526. The lowest BCUT2D eigenvalue weighted by molar-refractivity contribution is -0.111. The first-order chi connectivity index (χ1) is 12.6. The molecule has 0 aliphatic carbocycles. The average molecular weight is 364 g/mol. The number of aromatic nitrogens is 2. The molecule has 0 fully saturated rings. The van der Waals surface area contributed by atoms with Crippen molar-refractivity contribution in [3.05, 3.63) is 77.1 Å². The Hall–Kier alpha value is -3.32. The molecule has 0 radical (unpaired) electrons. The summed E-state index contributed by atoms with van der Waals surface area (Å²) in [6.45, 7) is 1.73. The van der Waals surface area contributed by atoms with Crippen molar-refractivity contribution in [2.75, 3.05) is 10.6 Å². The normalized spacial score (nSPS) is 10.7. The van der Waals surface area contributed by atoms with E-state index in [-0.39, 0.29) is 11.8 Å². The number of aryl methyl sites for hydroxylation is 1. The molecule has 0 unspecified atom stereocenters. The van der Waals surface area contributed by atoms with Gasteiger partial charge in [0.25, 0.3) is 5.91 Å². The first kappa shape index (κ1) is 17.5. The Labute approximate surface area is 154 Å². The fourth-order valence-corrected chi connectivity index (χ4v) is 3.03. The molecular weight excluding hydrogens is 348 g/mol. The third-order valence-corrected chi connectivity index (χ3v) is 4.45. The molecule has 0 aliphatic heterocycles. The molecule has 0 bridgehead atoms. The summed E-state index contributed by atoms with van der Waals surface area (Å²) in [6.07, 6.45) is 6.34. The van der Waals surface area contributed by atoms with E-state index in [4.69, 9.17) is 0 Å². The summed E-state index contributed by atoms with van der Waals surface area (Å²) < 4.78 is 0. The third kappa shape index (κ3) is 4.61.